The molecule has 3 N–H and O–H groups in total. The van der Waals surface area contributed by atoms with Crippen molar-refractivity contribution in [2.75, 3.05) is 5.32 Å². The van der Waals surface area contributed by atoms with Crippen molar-refractivity contribution in [3.05, 3.63) is 59.0 Å². The molecular formula is C23H24ClN5O3. The second-order valence-electron chi connectivity index (χ2n) is 7.93. The molecule has 0 aliphatic heterocycles. The fourth-order valence-electron chi connectivity index (χ4n) is 3.31. The molecule has 8 nitrogen and oxygen atoms in total. The first kappa shape index (κ1) is 21.8. The van der Waals surface area contributed by atoms with Crippen LogP contribution in [0.3, 0.4) is 0 Å². The molecular weight excluding hydrogens is 430 g/mol. The Hall–Kier alpha value is -3.39. The summed E-state index contributed by atoms with van der Waals surface area (Å²) in [6, 6.07) is 9.54. The van der Waals surface area contributed by atoms with Gasteiger partial charge in [-0.1, -0.05) is 18.5 Å². The third kappa shape index (κ3) is 4.60. The Bertz CT molecular complexity index is 1170. The maximum Gasteiger partial charge on any atom is 0.342 e. The fourth-order valence-corrected chi connectivity index (χ4v) is 3.52. The number of hydrogen-bond donors (Lipinski definition) is 3. The molecule has 9 heteroatoms. The summed E-state index contributed by atoms with van der Waals surface area (Å²) in [7, 11) is 0. The molecule has 4 rings (SSSR count). The summed E-state index contributed by atoms with van der Waals surface area (Å²) in [5, 5.41) is 20.8. The zero-order valence-corrected chi connectivity index (χ0v) is 18.6. The normalized spacial score (nSPS) is 14.1. The summed E-state index contributed by atoms with van der Waals surface area (Å²) in [6.07, 6.45) is 4.33. The van der Waals surface area contributed by atoms with Gasteiger partial charge in [0, 0.05) is 35.5 Å². The van der Waals surface area contributed by atoms with E-state index < -0.39 is 5.91 Å². The maximum atomic E-state index is 12.7. The molecule has 1 aromatic carbocycles. The van der Waals surface area contributed by atoms with E-state index in [1.807, 2.05) is 19.9 Å². The number of rotatable bonds is 6. The molecule has 32 heavy (non-hydrogen) atoms. The molecule has 2 amide bonds. The van der Waals surface area contributed by atoms with Gasteiger partial charge < -0.3 is 15.7 Å². The molecule has 3 aromatic rings. The predicted molar refractivity (Wildman–Crippen MR) is 122 cm³/mol. The summed E-state index contributed by atoms with van der Waals surface area (Å²) in [4.78, 5) is 29.0. The molecule has 0 radical (unpaired) electrons. The number of aromatic nitrogens is 3. The van der Waals surface area contributed by atoms with Gasteiger partial charge in [0.25, 0.3) is 5.91 Å². The first-order chi connectivity index (χ1) is 15.4. The minimum Gasteiger partial charge on any atom is -0.507 e. The summed E-state index contributed by atoms with van der Waals surface area (Å²) in [5.74, 6) is -0.199. The van der Waals surface area contributed by atoms with E-state index >= 15 is 0 Å². The third-order valence-corrected chi connectivity index (χ3v) is 5.74. The molecule has 0 spiro atoms. The van der Waals surface area contributed by atoms with Crippen LogP contribution in [0.4, 0.5) is 10.5 Å². The second-order valence-corrected chi connectivity index (χ2v) is 8.29. The first-order valence-electron chi connectivity index (χ1n) is 10.5. The van der Waals surface area contributed by atoms with Crippen molar-refractivity contribution in [2.24, 2.45) is 0 Å². The van der Waals surface area contributed by atoms with Gasteiger partial charge in [-0.25, -0.2) is 9.78 Å². The molecule has 1 saturated carbocycles. The number of nitrogens with zero attached hydrogens (tertiary/aromatic N) is 3. The van der Waals surface area contributed by atoms with Crippen LogP contribution in [-0.2, 0) is 0 Å². The minimum atomic E-state index is -0.433. The quantitative estimate of drug-likeness (QED) is 0.465. The number of benzene rings is 1. The number of halogens is 1. The fraction of sp³-hybridized carbons (Fsp3) is 0.304. The molecule has 0 saturated heterocycles. The SMILES string of the molecule is CCC(C)NC(=O)n1nc(-c2ccc(NC(=O)c3cccnc3Cl)cc2O)cc1C1CC1. The third-order valence-electron chi connectivity index (χ3n) is 5.44. The van der Waals surface area contributed by atoms with E-state index in [4.69, 9.17) is 11.6 Å². The molecule has 0 bridgehead atoms. The van der Waals surface area contributed by atoms with E-state index in [0.717, 1.165) is 25.0 Å². The molecule has 1 aliphatic carbocycles. The summed E-state index contributed by atoms with van der Waals surface area (Å²) in [5.41, 5.74) is 2.44. The van der Waals surface area contributed by atoms with Gasteiger partial charge in [-0.3, -0.25) is 4.79 Å². The van der Waals surface area contributed by atoms with Gasteiger partial charge in [-0.05, 0) is 56.5 Å². The van der Waals surface area contributed by atoms with Gasteiger partial charge in [-0.2, -0.15) is 9.78 Å². The highest BCUT2D eigenvalue weighted by Crippen LogP contribution is 2.42. The largest absolute Gasteiger partial charge is 0.507 e. The number of carbonyl (C=O) groups excluding carboxylic acids is 2. The smallest absolute Gasteiger partial charge is 0.342 e. The van der Waals surface area contributed by atoms with Crippen LogP contribution in [0.1, 0.15) is 55.1 Å². The van der Waals surface area contributed by atoms with Crippen molar-refractivity contribution in [3.8, 4) is 17.0 Å². The van der Waals surface area contributed by atoms with Gasteiger partial charge in [0.05, 0.1) is 17.0 Å². The average Bonchev–Trinajstić information content (AvgIpc) is 3.52. The topological polar surface area (TPSA) is 109 Å². The zero-order chi connectivity index (χ0) is 22.8. The number of pyridine rings is 1. The molecule has 1 fully saturated rings. The van der Waals surface area contributed by atoms with E-state index in [-0.39, 0.29) is 28.5 Å². The highest BCUT2D eigenvalue weighted by molar-refractivity contribution is 6.33. The van der Waals surface area contributed by atoms with Crippen LogP contribution < -0.4 is 10.6 Å². The first-order valence-corrected chi connectivity index (χ1v) is 10.9. The van der Waals surface area contributed by atoms with E-state index in [1.54, 1.807) is 24.3 Å². The molecule has 1 unspecified atom stereocenters. The van der Waals surface area contributed by atoms with E-state index in [0.29, 0.717) is 22.9 Å². The van der Waals surface area contributed by atoms with Crippen LogP contribution in [0.2, 0.25) is 5.15 Å². The Morgan fingerprint density at radius 1 is 1.28 bits per heavy atom. The number of nitrogens with one attached hydrogen (secondary N) is 2. The number of carbonyl (C=O) groups is 2. The van der Waals surface area contributed by atoms with Crippen molar-refractivity contribution in [1.29, 1.82) is 0 Å². The number of hydrogen-bond acceptors (Lipinski definition) is 5. The van der Waals surface area contributed by atoms with Gasteiger partial charge in [0.1, 0.15) is 10.9 Å². The summed E-state index contributed by atoms with van der Waals surface area (Å²) in [6.45, 7) is 3.94. The van der Waals surface area contributed by atoms with Gasteiger partial charge >= 0.3 is 6.03 Å². The maximum absolute atomic E-state index is 12.7. The molecule has 1 atom stereocenters. The lowest BCUT2D eigenvalue weighted by Gasteiger charge is -2.12. The number of phenolic OH excluding ortho intramolecular Hbond substituents is 1. The average molecular weight is 454 g/mol. The molecule has 2 heterocycles. The Morgan fingerprint density at radius 2 is 2.06 bits per heavy atom. The number of anilines is 1. The molecule has 2 aromatic heterocycles. The van der Waals surface area contributed by atoms with Gasteiger partial charge in [0.15, 0.2) is 0 Å². The van der Waals surface area contributed by atoms with Crippen molar-refractivity contribution in [3.63, 3.8) is 0 Å². The molecule has 1 aliphatic rings. The lowest BCUT2D eigenvalue weighted by Crippen LogP contribution is -2.36. The summed E-state index contributed by atoms with van der Waals surface area (Å²) >= 11 is 5.97. The number of aromatic hydroxyl groups is 1. The van der Waals surface area contributed by atoms with Crippen LogP contribution in [0, 0.1) is 0 Å². The van der Waals surface area contributed by atoms with E-state index in [1.165, 1.54) is 16.9 Å². The van der Waals surface area contributed by atoms with Gasteiger partial charge in [-0.15, -0.1) is 0 Å². The van der Waals surface area contributed by atoms with E-state index in [2.05, 4.69) is 20.7 Å². The Labute approximate surface area is 190 Å². The van der Waals surface area contributed by atoms with Crippen LogP contribution in [-0.4, -0.2) is 37.9 Å². The van der Waals surface area contributed by atoms with Crippen molar-refractivity contribution < 1.29 is 14.7 Å². The monoisotopic (exact) mass is 453 g/mol. The lowest BCUT2D eigenvalue weighted by molar-refractivity contribution is 0.102. The van der Waals surface area contributed by atoms with Crippen molar-refractivity contribution in [1.82, 2.24) is 20.1 Å². The Balaban J connectivity index is 1.58. The van der Waals surface area contributed by atoms with Crippen LogP contribution >= 0.6 is 11.6 Å². The van der Waals surface area contributed by atoms with Crippen LogP contribution in [0.5, 0.6) is 5.75 Å². The number of amides is 2. The second kappa shape index (κ2) is 9.00. The zero-order valence-electron chi connectivity index (χ0n) is 17.8. The standard InChI is InChI=1S/C23H24ClN5O3/c1-3-13(2)26-23(32)29-19(14-6-7-14)12-18(28-29)16-9-8-15(11-20(16)30)27-22(31)17-5-4-10-25-21(17)24/h4-5,8-14,30H,3,6-7H2,1-2H3,(H,26,32)(H,27,31). The Morgan fingerprint density at radius 3 is 2.72 bits per heavy atom. The predicted octanol–water partition coefficient (Wildman–Crippen LogP) is 4.79. The number of phenols is 1. The highest BCUT2D eigenvalue weighted by Gasteiger charge is 2.31. The van der Waals surface area contributed by atoms with Gasteiger partial charge in [0.2, 0.25) is 0 Å². The minimum absolute atomic E-state index is 0.0341. The highest BCUT2D eigenvalue weighted by atomic mass is 35.5. The van der Waals surface area contributed by atoms with Crippen molar-refractivity contribution in [2.45, 2.75) is 45.1 Å². The van der Waals surface area contributed by atoms with Crippen molar-refractivity contribution >= 4 is 29.2 Å². The summed E-state index contributed by atoms with van der Waals surface area (Å²) < 4.78 is 1.40. The lowest BCUT2D eigenvalue weighted by atomic mass is 10.1. The Kier molecular flexibility index (Phi) is 6.14. The van der Waals surface area contributed by atoms with Crippen LogP contribution in [0.25, 0.3) is 11.3 Å². The molecule has 166 valence electrons. The van der Waals surface area contributed by atoms with E-state index in [9.17, 15) is 14.7 Å². The van der Waals surface area contributed by atoms with Crippen LogP contribution in [0.15, 0.2) is 42.6 Å².